The molecule has 0 aliphatic rings. The quantitative estimate of drug-likeness (QED) is 0.510. The van der Waals surface area contributed by atoms with Crippen LogP contribution >= 0.6 is 22.9 Å². The van der Waals surface area contributed by atoms with Crippen LogP contribution in [0.15, 0.2) is 48.1 Å². The summed E-state index contributed by atoms with van der Waals surface area (Å²) >= 11 is 7.09. The molecule has 0 saturated heterocycles. The number of aromatic nitrogens is 3. The number of rotatable bonds is 4. The van der Waals surface area contributed by atoms with E-state index in [9.17, 15) is 9.18 Å². The molecule has 1 amide bonds. The minimum absolute atomic E-state index is 0.0609. The number of carbonyl (C=O) groups excluding carboxylic acids is 1. The molecule has 0 aliphatic carbocycles. The highest BCUT2D eigenvalue weighted by Gasteiger charge is 2.17. The zero-order valence-corrected chi connectivity index (χ0v) is 15.8. The minimum atomic E-state index is -0.594. The summed E-state index contributed by atoms with van der Waals surface area (Å²) < 4.78 is 15.9. The lowest BCUT2D eigenvalue weighted by Crippen LogP contribution is -2.13. The Hall–Kier alpha value is -2.77. The van der Waals surface area contributed by atoms with Gasteiger partial charge in [0.15, 0.2) is 0 Å². The van der Waals surface area contributed by atoms with Gasteiger partial charge < -0.3 is 9.88 Å². The molecule has 0 fully saturated rings. The van der Waals surface area contributed by atoms with Gasteiger partial charge in [-0.25, -0.2) is 14.4 Å². The molecular formula is C19H14ClFN4OS. The second-order valence-electron chi connectivity index (χ2n) is 5.82. The molecule has 3 heterocycles. The van der Waals surface area contributed by atoms with Crippen LogP contribution in [-0.4, -0.2) is 20.4 Å². The van der Waals surface area contributed by atoms with Crippen molar-refractivity contribution in [3.63, 3.8) is 0 Å². The Morgan fingerprint density at radius 3 is 3.00 bits per heavy atom. The van der Waals surface area contributed by atoms with E-state index in [1.807, 2.05) is 29.8 Å². The van der Waals surface area contributed by atoms with E-state index in [1.165, 1.54) is 23.5 Å². The molecule has 5 nitrogen and oxygen atoms in total. The number of anilines is 1. The summed E-state index contributed by atoms with van der Waals surface area (Å²) in [5.41, 5.74) is 2.08. The van der Waals surface area contributed by atoms with Crippen molar-refractivity contribution in [2.45, 2.75) is 13.5 Å². The first kappa shape index (κ1) is 17.6. The first-order valence-electron chi connectivity index (χ1n) is 8.23. The van der Waals surface area contributed by atoms with Crippen molar-refractivity contribution in [3.05, 3.63) is 64.6 Å². The SMILES string of the molecule is CCn1cc(-c2nc(C(=O)Nc3ccc(Cl)cc3F)cs2)c2cccnc21. The fourth-order valence-electron chi connectivity index (χ4n) is 2.81. The summed E-state index contributed by atoms with van der Waals surface area (Å²) in [4.78, 5) is 21.3. The molecule has 0 bridgehead atoms. The molecule has 0 aliphatic heterocycles. The third-order valence-electron chi connectivity index (χ3n) is 4.12. The number of aryl methyl sites for hydroxylation is 1. The van der Waals surface area contributed by atoms with Crippen LogP contribution in [0.4, 0.5) is 10.1 Å². The van der Waals surface area contributed by atoms with Gasteiger partial charge in [0.2, 0.25) is 0 Å². The van der Waals surface area contributed by atoms with Gasteiger partial charge in [-0.05, 0) is 37.3 Å². The Balaban J connectivity index is 1.65. The van der Waals surface area contributed by atoms with Gasteiger partial charge in [-0.15, -0.1) is 11.3 Å². The molecule has 0 radical (unpaired) electrons. The molecular weight excluding hydrogens is 387 g/mol. The normalized spacial score (nSPS) is 11.1. The smallest absolute Gasteiger partial charge is 0.275 e. The summed E-state index contributed by atoms with van der Waals surface area (Å²) in [6.07, 6.45) is 3.73. The number of nitrogens with one attached hydrogen (secondary N) is 1. The highest BCUT2D eigenvalue weighted by Crippen LogP contribution is 2.32. The Labute approximate surface area is 163 Å². The maximum atomic E-state index is 13.9. The molecule has 0 saturated carbocycles. The van der Waals surface area contributed by atoms with E-state index in [4.69, 9.17) is 11.6 Å². The lowest BCUT2D eigenvalue weighted by atomic mass is 10.2. The predicted octanol–water partition coefficient (Wildman–Crippen LogP) is 5.22. The van der Waals surface area contributed by atoms with Crippen LogP contribution < -0.4 is 5.32 Å². The molecule has 3 aromatic heterocycles. The van der Waals surface area contributed by atoms with Crippen molar-refractivity contribution in [3.8, 4) is 10.6 Å². The summed E-state index contributed by atoms with van der Waals surface area (Å²) in [5, 5.41) is 6.14. The predicted molar refractivity (Wildman–Crippen MR) is 106 cm³/mol. The van der Waals surface area contributed by atoms with Gasteiger partial charge in [0, 0.05) is 40.3 Å². The number of hydrogen-bond acceptors (Lipinski definition) is 4. The van der Waals surface area contributed by atoms with E-state index in [1.54, 1.807) is 11.6 Å². The van der Waals surface area contributed by atoms with E-state index in [2.05, 4.69) is 15.3 Å². The molecule has 0 unspecified atom stereocenters. The fraction of sp³-hybridized carbons (Fsp3) is 0.105. The van der Waals surface area contributed by atoms with Crippen LogP contribution in [0.1, 0.15) is 17.4 Å². The third-order valence-corrected chi connectivity index (χ3v) is 5.23. The van der Waals surface area contributed by atoms with Crippen LogP contribution in [0.5, 0.6) is 0 Å². The van der Waals surface area contributed by atoms with Crippen molar-refractivity contribution >= 4 is 45.6 Å². The number of nitrogens with zero attached hydrogens (tertiary/aromatic N) is 3. The van der Waals surface area contributed by atoms with Crippen LogP contribution in [-0.2, 0) is 6.54 Å². The fourth-order valence-corrected chi connectivity index (χ4v) is 3.80. The number of halogens is 2. The molecule has 8 heteroatoms. The molecule has 0 spiro atoms. The summed E-state index contributed by atoms with van der Waals surface area (Å²) in [5.74, 6) is -1.07. The first-order valence-corrected chi connectivity index (χ1v) is 9.48. The number of hydrogen-bond donors (Lipinski definition) is 1. The summed E-state index contributed by atoms with van der Waals surface area (Å²) in [7, 11) is 0. The lowest BCUT2D eigenvalue weighted by molar-refractivity contribution is 0.102. The maximum Gasteiger partial charge on any atom is 0.275 e. The van der Waals surface area contributed by atoms with Gasteiger partial charge in [0.1, 0.15) is 22.2 Å². The average Bonchev–Trinajstić information content (AvgIpc) is 3.28. The molecule has 1 aromatic carbocycles. The van der Waals surface area contributed by atoms with E-state index in [0.29, 0.717) is 5.01 Å². The minimum Gasteiger partial charge on any atom is -0.332 e. The number of carbonyl (C=O) groups is 1. The average molecular weight is 401 g/mol. The standard InChI is InChI=1S/C19H14ClFN4OS/c1-2-25-9-13(12-4-3-7-22-17(12)25)19-24-16(10-27-19)18(26)23-15-6-5-11(20)8-14(15)21/h3-10H,2H2,1H3,(H,23,26). The van der Waals surface area contributed by atoms with Crippen molar-refractivity contribution in [2.75, 3.05) is 5.32 Å². The second-order valence-corrected chi connectivity index (χ2v) is 7.11. The Kier molecular flexibility index (Phi) is 4.63. The van der Waals surface area contributed by atoms with Gasteiger partial charge >= 0.3 is 0 Å². The Bertz CT molecular complexity index is 1150. The van der Waals surface area contributed by atoms with Gasteiger partial charge in [-0.2, -0.15) is 0 Å². The monoisotopic (exact) mass is 400 g/mol. The summed E-state index contributed by atoms with van der Waals surface area (Å²) in [6.45, 7) is 2.82. The summed E-state index contributed by atoms with van der Waals surface area (Å²) in [6, 6.07) is 7.93. The Morgan fingerprint density at radius 1 is 1.37 bits per heavy atom. The van der Waals surface area contributed by atoms with Crippen molar-refractivity contribution in [1.82, 2.24) is 14.5 Å². The molecule has 1 N–H and O–H groups in total. The number of fused-ring (bicyclic) bond motifs is 1. The van der Waals surface area contributed by atoms with Gasteiger partial charge in [0.25, 0.3) is 5.91 Å². The molecule has 4 rings (SSSR count). The van der Waals surface area contributed by atoms with Crippen molar-refractivity contribution in [2.24, 2.45) is 0 Å². The number of thiazole rings is 1. The number of pyridine rings is 1. The highest BCUT2D eigenvalue weighted by molar-refractivity contribution is 7.13. The van der Waals surface area contributed by atoms with E-state index in [0.717, 1.165) is 29.2 Å². The van der Waals surface area contributed by atoms with E-state index in [-0.39, 0.29) is 16.4 Å². The van der Waals surface area contributed by atoms with Crippen LogP contribution in [0.2, 0.25) is 5.02 Å². The van der Waals surface area contributed by atoms with E-state index >= 15 is 0 Å². The molecule has 4 aromatic rings. The van der Waals surface area contributed by atoms with Crippen molar-refractivity contribution in [1.29, 1.82) is 0 Å². The zero-order chi connectivity index (χ0) is 19.0. The first-order chi connectivity index (χ1) is 13.1. The highest BCUT2D eigenvalue weighted by atomic mass is 35.5. The van der Waals surface area contributed by atoms with Gasteiger partial charge in [0.05, 0.1) is 5.69 Å². The third kappa shape index (κ3) is 3.31. The molecule has 27 heavy (non-hydrogen) atoms. The zero-order valence-electron chi connectivity index (χ0n) is 14.2. The topological polar surface area (TPSA) is 59.8 Å². The van der Waals surface area contributed by atoms with E-state index < -0.39 is 11.7 Å². The Morgan fingerprint density at radius 2 is 2.22 bits per heavy atom. The van der Waals surface area contributed by atoms with Gasteiger partial charge in [-0.1, -0.05) is 11.6 Å². The van der Waals surface area contributed by atoms with Gasteiger partial charge in [-0.3, -0.25) is 4.79 Å². The second kappa shape index (κ2) is 7.09. The molecule has 136 valence electrons. The lowest BCUT2D eigenvalue weighted by Gasteiger charge is -2.04. The van der Waals surface area contributed by atoms with Crippen LogP contribution in [0.3, 0.4) is 0 Å². The number of benzene rings is 1. The van der Waals surface area contributed by atoms with Crippen LogP contribution in [0.25, 0.3) is 21.6 Å². The maximum absolute atomic E-state index is 13.9. The largest absolute Gasteiger partial charge is 0.332 e. The van der Waals surface area contributed by atoms with Crippen LogP contribution in [0, 0.1) is 5.82 Å². The molecule has 0 atom stereocenters. The van der Waals surface area contributed by atoms with Crippen molar-refractivity contribution < 1.29 is 9.18 Å². The number of amides is 1.